The molecule has 1 nitrogen and oxygen atoms in total. The summed E-state index contributed by atoms with van der Waals surface area (Å²) in [7, 11) is 0. The predicted octanol–water partition coefficient (Wildman–Crippen LogP) is 3.81. The molecule has 0 bridgehead atoms. The molecule has 0 saturated heterocycles. The summed E-state index contributed by atoms with van der Waals surface area (Å²) in [6.07, 6.45) is 1.51. The molecule has 0 N–H and O–H groups in total. The van der Waals surface area contributed by atoms with Crippen LogP contribution in [0, 0.1) is 6.92 Å². The second kappa shape index (κ2) is 4.82. The van der Waals surface area contributed by atoms with Crippen molar-refractivity contribution in [3.05, 3.63) is 34.9 Å². The zero-order valence-corrected chi connectivity index (χ0v) is 11.1. The molecule has 0 atom stereocenters. The molecule has 0 fully saturated rings. The van der Waals surface area contributed by atoms with Gasteiger partial charge in [-0.1, -0.05) is 44.5 Å². The number of aryl methyl sites for hydroxylation is 2. The summed E-state index contributed by atoms with van der Waals surface area (Å²) >= 11 is 0. The smallest absolute Gasteiger partial charge is 0.130 e. The van der Waals surface area contributed by atoms with Crippen LogP contribution in [0.5, 0.6) is 0 Å². The van der Waals surface area contributed by atoms with Crippen LogP contribution in [0.4, 0.5) is 0 Å². The summed E-state index contributed by atoms with van der Waals surface area (Å²) in [5, 5.41) is 0. The molecule has 0 aliphatic carbocycles. The first-order valence-corrected chi connectivity index (χ1v) is 5.89. The zero-order chi connectivity index (χ0) is 12.3. The summed E-state index contributed by atoms with van der Waals surface area (Å²) < 4.78 is 0. The van der Waals surface area contributed by atoms with Crippen LogP contribution in [-0.2, 0) is 16.6 Å². The van der Waals surface area contributed by atoms with Crippen molar-refractivity contribution in [2.45, 2.75) is 52.9 Å². The molecule has 0 aliphatic heterocycles. The van der Waals surface area contributed by atoms with Crippen molar-refractivity contribution in [1.29, 1.82) is 0 Å². The Morgan fingerprint density at radius 2 is 1.81 bits per heavy atom. The second-order valence-corrected chi connectivity index (χ2v) is 5.66. The van der Waals surface area contributed by atoms with Crippen molar-refractivity contribution < 1.29 is 4.79 Å². The van der Waals surface area contributed by atoms with Crippen LogP contribution in [0.15, 0.2) is 18.2 Å². The number of rotatable bonds is 3. The van der Waals surface area contributed by atoms with Gasteiger partial charge in [0.2, 0.25) is 0 Å². The van der Waals surface area contributed by atoms with E-state index >= 15 is 0 Å². The van der Waals surface area contributed by atoms with Crippen LogP contribution in [0.2, 0.25) is 0 Å². The van der Waals surface area contributed by atoms with E-state index in [4.69, 9.17) is 0 Å². The maximum Gasteiger partial charge on any atom is 0.130 e. The SMILES string of the molecule is CC(=O)CCc1cc(C)cc(C(C)(C)C)c1. The second-order valence-electron chi connectivity index (χ2n) is 5.66. The number of benzene rings is 1. The average Bonchev–Trinajstić information content (AvgIpc) is 2.12. The van der Waals surface area contributed by atoms with Crippen molar-refractivity contribution in [2.24, 2.45) is 0 Å². The van der Waals surface area contributed by atoms with E-state index in [0.29, 0.717) is 6.42 Å². The van der Waals surface area contributed by atoms with Crippen molar-refractivity contribution in [3.63, 3.8) is 0 Å². The largest absolute Gasteiger partial charge is 0.300 e. The number of carbonyl (C=O) groups excluding carboxylic acids is 1. The quantitative estimate of drug-likeness (QED) is 0.754. The Labute approximate surface area is 98.9 Å². The van der Waals surface area contributed by atoms with E-state index in [0.717, 1.165) is 6.42 Å². The van der Waals surface area contributed by atoms with Gasteiger partial charge in [0, 0.05) is 6.42 Å². The van der Waals surface area contributed by atoms with E-state index in [1.807, 2.05) is 0 Å². The molecule has 88 valence electrons. The Morgan fingerprint density at radius 3 is 2.31 bits per heavy atom. The Hall–Kier alpha value is -1.11. The summed E-state index contributed by atoms with van der Waals surface area (Å²) in [5.74, 6) is 0.263. The molecule has 1 heteroatoms. The molecular formula is C15H22O. The van der Waals surface area contributed by atoms with E-state index < -0.39 is 0 Å². The lowest BCUT2D eigenvalue weighted by Crippen LogP contribution is -2.12. The van der Waals surface area contributed by atoms with E-state index in [-0.39, 0.29) is 11.2 Å². The van der Waals surface area contributed by atoms with Gasteiger partial charge in [0.15, 0.2) is 0 Å². The van der Waals surface area contributed by atoms with Crippen molar-refractivity contribution >= 4 is 5.78 Å². The Kier molecular flexibility index (Phi) is 3.90. The Morgan fingerprint density at radius 1 is 1.19 bits per heavy atom. The lowest BCUT2D eigenvalue weighted by molar-refractivity contribution is -0.116. The fourth-order valence-corrected chi connectivity index (χ4v) is 1.76. The average molecular weight is 218 g/mol. The van der Waals surface area contributed by atoms with Gasteiger partial charge in [-0.2, -0.15) is 0 Å². The van der Waals surface area contributed by atoms with Gasteiger partial charge in [-0.05, 0) is 36.8 Å². The van der Waals surface area contributed by atoms with Crippen LogP contribution < -0.4 is 0 Å². The van der Waals surface area contributed by atoms with E-state index in [1.165, 1.54) is 16.7 Å². The fourth-order valence-electron chi connectivity index (χ4n) is 1.76. The molecule has 0 amide bonds. The minimum absolute atomic E-state index is 0.178. The van der Waals surface area contributed by atoms with Crippen LogP contribution in [0.3, 0.4) is 0 Å². The first-order chi connectivity index (χ1) is 7.29. The van der Waals surface area contributed by atoms with Crippen molar-refractivity contribution in [1.82, 2.24) is 0 Å². The molecule has 0 saturated carbocycles. The van der Waals surface area contributed by atoms with Gasteiger partial charge in [-0.15, -0.1) is 0 Å². The maximum atomic E-state index is 11.0. The molecular weight excluding hydrogens is 196 g/mol. The van der Waals surface area contributed by atoms with Crippen LogP contribution in [0.1, 0.15) is 50.8 Å². The molecule has 0 aliphatic rings. The minimum atomic E-state index is 0.178. The van der Waals surface area contributed by atoms with Gasteiger partial charge in [0.05, 0.1) is 0 Å². The number of Topliss-reactive ketones (excluding diaryl/α,β-unsaturated/α-hetero) is 1. The maximum absolute atomic E-state index is 11.0. The molecule has 0 spiro atoms. The number of ketones is 1. The molecule has 1 aromatic rings. The topological polar surface area (TPSA) is 17.1 Å². The third kappa shape index (κ3) is 3.80. The normalized spacial score (nSPS) is 11.6. The highest BCUT2D eigenvalue weighted by atomic mass is 16.1. The van der Waals surface area contributed by atoms with Crippen LogP contribution >= 0.6 is 0 Å². The lowest BCUT2D eigenvalue weighted by Gasteiger charge is -2.20. The molecule has 1 aromatic carbocycles. The zero-order valence-electron chi connectivity index (χ0n) is 11.1. The highest BCUT2D eigenvalue weighted by molar-refractivity contribution is 5.75. The van der Waals surface area contributed by atoms with Gasteiger partial charge in [-0.3, -0.25) is 0 Å². The highest BCUT2D eigenvalue weighted by Gasteiger charge is 2.14. The van der Waals surface area contributed by atoms with Gasteiger partial charge in [0.25, 0.3) is 0 Å². The van der Waals surface area contributed by atoms with E-state index in [1.54, 1.807) is 6.92 Å². The highest BCUT2D eigenvalue weighted by Crippen LogP contribution is 2.24. The summed E-state index contributed by atoms with van der Waals surface area (Å²) in [5.41, 5.74) is 4.09. The van der Waals surface area contributed by atoms with Gasteiger partial charge >= 0.3 is 0 Å². The number of hydrogen-bond donors (Lipinski definition) is 0. The number of hydrogen-bond acceptors (Lipinski definition) is 1. The number of carbonyl (C=O) groups is 1. The van der Waals surface area contributed by atoms with Gasteiger partial charge in [0.1, 0.15) is 5.78 Å². The summed E-state index contributed by atoms with van der Waals surface area (Å²) in [6.45, 7) is 10.4. The molecule has 0 unspecified atom stereocenters. The Bertz CT molecular complexity index is 383. The molecule has 1 rings (SSSR count). The molecule has 0 radical (unpaired) electrons. The third-order valence-corrected chi connectivity index (χ3v) is 2.77. The first-order valence-electron chi connectivity index (χ1n) is 5.89. The fraction of sp³-hybridized carbons (Fsp3) is 0.533. The van der Waals surface area contributed by atoms with Crippen LogP contribution in [-0.4, -0.2) is 5.78 Å². The molecule has 16 heavy (non-hydrogen) atoms. The van der Waals surface area contributed by atoms with E-state index in [9.17, 15) is 4.79 Å². The molecule has 0 heterocycles. The third-order valence-electron chi connectivity index (χ3n) is 2.77. The first kappa shape index (κ1) is 13.0. The monoisotopic (exact) mass is 218 g/mol. The predicted molar refractivity (Wildman–Crippen MR) is 68.9 cm³/mol. The van der Waals surface area contributed by atoms with E-state index in [2.05, 4.69) is 45.9 Å². The minimum Gasteiger partial charge on any atom is -0.300 e. The van der Waals surface area contributed by atoms with Gasteiger partial charge < -0.3 is 4.79 Å². The van der Waals surface area contributed by atoms with Crippen molar-refractivity contribution in [3.8, 4) is 0 Å². The van der Waals surface area contributed by atoms with Crippen molar-refractivity contribution in [2.75, 3.05) is 0 Å². The lowest BCUT2D eigenvalue weighted by atomic mass is 9.84. The summed E-state index contributed by atoms with van der Waals surface area (Å²) in [4.78, 5) is 11.0. The molecule has 0 aromatic heterocycles. The Balaban J connectivity index is 2.94. The standard InChI is InChI=1S/C15H22O/c1-11-8-13(7-6-12(2)16)10-14(9-11)15(3,4)5/h8-10H,6-7H2,1-5H3. The van der Waals surface area contributed by atoms with Gasteiger partial charge in [-0.25, -0.2) is 0 Å². The summed E-state index contributed by atoms with van der Waals surface area (Å²) in [6, 6.07) is 6.64. The van der Waals surface area contributed by atoms with Crippen LogP contribution in [0.25, 0.3) is 0 Å².